The third-order valence-corrected chi connectivity index (χ3v) is 5.37. The normalized spacial score (nSPS) is 15.1. The van der Waals surface area contributed by atoms with E-state index >= 15 is 0 Å². The van der Waals surface area contributed by atoms with Crippen LogP contribution in [0.25, 0.3) is 0 Å². The number of halogens is 1. The van der Waals surface area contributed by atoms with Crippen molar-refractivity contribution < 1.29 is 14.5 Å². The van der Waals surface area contributed by atoms with Crippen LogP contribution >= 0.6 is 11.6 Å². The Balaban J connectivity index is 1.54. The molecule has 1 amide bonds. The molecule has 3 N–H and O–H groups in total. The number of nitrogens with one attached hydrogen (secondary N) is 1. The number of nitrogens with two attached hydrogens (primary N) is 1. The fraction of sp³-hybridized carbons (Fsp3) is 0.350. The summed E-state index contributed by atoms with van der Waals surface area (Å²) >= 11 is 6.05. The second-order valence-corrected chi connectivity index (χ2v) is 7.43. The minimum Gasteiger partial charge on any atom is -0.496 e. The number of nitro benzene ring substituents is 1. The van der Waals surface area contributed by atoms with Crippen LogP contribution in [0.3, 0.4) is 0 Å². The van der Waals surface area contributed by atoms with Gasteiger partial charge in [0.25, 0.3) is 11.6 Å². The van der Waals surface area contributed by atoms with E-state index in [1.165, 1.54) is 25.3 Å². The Morgan fingerprint density at radius 2 is 1.97 bits per heavy atom. The third-order valence-electron chi connectivity index (χ3n) is 5.04. The Bertz CT molecular complexity index is 896. The van der Waals surface area contributed by atoms with Gasteiger partial charge in [-0.05, 0) is 24.5 Å². The highest BCUT2D eigenvalue weighted by molar-refractivity contribution is 6.33. The molecular formula is C20H23ClN4O4. The maximum absolute atomic E-state index is 12.7. The highest BCUT2D eigenvalue weighted by atomic mass is 35.5. The van der Waals surface area contributed by atoms with E-state index in [0.29, 0.717) is 22.0 Å². The summed E-state index contributed by atoms with van der Waals surface area (Å²) in [5.74, 6) is 0.151. The molecule has 0 saturated carbocycles. The van der Waals surface area contributed by atoms with Gasteiger partial charge in [0, 0.05) is 43.9 Å². The van der Waals surface area contributed by atoms with Crippen molar-refractivity contribution in [1.82, 2.24) is 10.2 Å². The summed E-state index contributed by atoms with van der Waals surface area (Å²) in [5.41, 5.74) is 7.61. The molecule has 0 atom stereocenters. The van der Waals surface area contributed by atoms with Gasteiger partial charge >= 0.3 is 0 Å². The van der Waals surface area contributed by atoms with Crippen molar-refractivity contribution in [3.63, 3.8) is 0 Å². The zero-order valence-electron chi connectivity index (χ0n) is 16.1. The number of hydrogen-bond acceptors (Lipinski definition) is 6. The van der Waals surface area contributed by atoms with Crippen LogP contribution in [0, 0.1) is 10.1 Å². The first-order valence-electron chi connectivity index (χ1n) is 9.27. The van der Waals surface area contributed by atoms with E-state index in [1.54, 1.807) is 18.2 Å². The number of hydrogen-bond donors (Lipinski definition) is 2. The molecule has 0 aliphatic carbocycles. The van der Waals surface area contributed by atoms with Gasteiger partial charge in [0.05, 0.1) is 28.3 Å². The number of nitrogen functional groups attached to an aromatic ring is 1. The fourth-order valence-corrected chi connectivity index (χ4v) is 3.56. The molecule has 2 aromatic carbocycles. The summed E-state index contributed by atoms with van der Waals surface area (Å²) < 4.78 is 5.25. The second kappa shape index (κ2) is 9.11. The molecule has 1 fully saturated rings. The van der Waals surface area contributed by atoms with Crippen LogP contribution in [0.5, 0.6) is 5.75 Å². The fourth-order valence-electron chi connectivity index (χ4n) is 3.40. The van der Waals surface area contributed by atoms with Crippen molar-refractivity contribution in [3.05, 3.63) is 62.7 Å². The van der Waals surface area contributed by atoms with Crippen LogP contribution in [0.2, 0.25) is 5.02 Å². The average Bonchev–Trinajstić information content (AvgIpc) is 2.71. The molecule has 2 aromatic rings. The zero-order chi connectivity index (χ0) is 21.0. The van der Waals surface area contributed by atoms with Gasteiger partial charge in [-0.1, -0.05) is 23.7 Å². The van der Waals surface area contributed by atoms with Crippen LogP contribution in [0.1, 0.15) is 28.8 Å². The number of nitrogens with zero attached hydrogens (tertiary/aromatic N) is 2. The van der Waals surface area contributed by atoms with E-state index < -0.39 is 4.92 Å². The predicted octanol–water partition coefficient (Wildman–Crippen LogP) is 3.23. The van der Waals surface area contributed by atoms with Gasteiger partial charge in [0.2, 0.25) is 0 Å². The summed E-state index contributed by atoms with van der Waals surface area (Å²) in [5, 5.41) is 14.1. The average molecular weight is 419 g/mol. The highest BCUT2D eigenvalue weighted by Gasteiger charge is 2.23. The SMILES string of the molecule is COc1cc(N)c(Cl)cc1C(=O)NC1CCN(Cc2ccc([N+](=O)[O-])cc2)CC1. The number of amides is 1. The van der Waals surface area contributed by atoms with Crippen molar-refractivity contribution in [2.45, 2.75) is 25.4 Å². The van der Waals surface area contributed by atoms with Gasteiger partial charge in [-0.2, -0.15) is 0 Å². The maximum Gasteiger partial charge on any atom is 0.269 e. The molecule has 0 bridgehead atoms. The lowest BCUT2D eigenvalue weighted by molar-refractivity contribution is -0.384. The number of carbonyl (C=O) groups excluding carboxylic acids is 1. The molecule has 8 nitrogen and oxygen atoms in total. The molecule has 9 heteroatoms. The van der Waals surface area contributed by atoms with E-state index in [2.05, 4.69) is 10.2 Å². The van der Waals surface area contributed by atoms with Crippen molar-refractivity contribution in [2.24, 2.45) is 0 Å². The van der Waals surface area contributed by atoms with Crippen molar-refractivity contribution in [2.75, 3.05) is 25.9 Å². The van der Waals surface area contributed by atoms with Crippen LogP contribution in [0.15, 0.2) is 36.4 Å². The molecule has 1 saturated heterocycles. The number of non-ortho nitro benzene ring substituents is 1. The molecule has 0 radical (unpaired) electrons. The van der Waals surface area contributed by atoms with E-state index in [4.69, 9.17) is 22.1 Å². The van der Waals surface area contributed by atoms with E-state index in [-0.39, 0.29) is 17.6 Å². The van der Waals surface area contributed by atoms with E-state index in [1.807, 2.05) is 0 Å². The summed E-state index contributed by atoms with van der Waals surface area (Å²) in [6, 6.07) is 9.73. The zero-order valence-corrected chi connectivity index (χ0v) is 16.8. The lowest BCUT2D eigenvalue weighted by atomic mass is 10.0. The molecule has 0 aromatic heterocycles. The minimum atomic E-state index is -0.402. The van der Waals surface area contributed by atoms with E-state index in [9.17, 15) is 14.9 Å². The molecule has 1 aliphatic rings. The Hall–Kier alpha value is -2.84. The molecule has 3 rings (SSSR count). The van der Waals surface area contributed by atoms with Crippen molar-refractivity contribution in [3.8, 4) is 5.75 Å². The predicted molar refractivity (Wildman–Crippen MR) is 111 cm³/mol. The largest absolute Gasteiger partial charge is 0.496 e. The minimum absolute atomic E-state index is 0.0524. The first-order chi connectivity index (χ1) is 13.9. The smallest absolute Gasteiger partial charge is 0.269 e. The standard InChI is InChI=1S/C20H23ClN4O4/c1-29-19-11-18(22)17(21)10-16(19)20(26)23-14-6-8-24(9-7-14)12-13-2-4-15(5-3-13)25(27)28/h2-5,10-11,14H,6-9,12,22H2,1H3,(H,23,26). The summed E-state index contributed by atoms with van der Waals surface area (Å²) in [4.78, 5) is 25.3. The van der Waals surface area contributed by atoms with Gasteiger partial charge in [-0.3, -0.25) is 19.8 Å². The number of likely N-dealkylation sites (tertiary alicyclic amines) is 1. The van der Waals surface area contributed by atoms with Gasteiger partial charge in [-0.15, -0.1) is 0 Å². The lowest BCUT2D eigenvalue weighted by Gasteiger charge is -2.32. The number of methoxy groups -OCH3 is 1. The lowest BCUT2D eigenvalue weighted by Crippen LogP contribution is -2.44. The number of rotatable bonds is 6. The topological polar surface area (TPSA) is 111 Å². The third kappa shape index (κ3) is 5.16. The first-order valence-corrected chi connectivity index (χ1v) is 9.64. The Morgan fingerprint density at radius 1 is 1.31 bits per heavy atom. The number of carbonyl (C=O) groups is 1. The molecule has 154 valence electrons. The molecule has 1 aliphatic heterocycles. The molecular weight excluding hydrogens is 396 g/mol. The van der Waals surface area contributed by atoms with Crippen LogP contribution in [-0.2, 0) is 6.54 Å². The van der Waals surface area contributed by atoms with Crippen LogP contribution in [-0.4, -0.2) is 42.0 Å². The van der Waals surface area contributed by atoms with Gasteiger partial charge in [-0.25, -0.2) is 0 Å². The molecule has 1 heterocycles. The summed E-state index contributed by atoms with van der Waals surface area (Å²) in [7, 11) is 1.48. The Morgan fingerprint density at radius 3 is 2.55 bits per heavy atom. The summed E-state index contributed by atoms with van der Waals surface area (Å²) in [6.45, 7) is 2.36. The summed E-state index contributed by atoms with van der Waals surface area (Å²) in [6.07, 6.45) is 1.62. The Labute approximate surface area is 173 Å². The van der Waals surface area contributed by atoms with Crippen molar-refractivity contribution >= 4 is 28.9 Å². The number of anilines is 1. The number of nitro groups is 1. The molecule has 0 unspecified atom stereocenters. The van der Waals surface area contributed by atoms with E-state index in [0.717, 1.165) is 38.0 Å². The highest BCUT2D eigenvalue weighted by Crippen LogP contribution is 2.29. The number of benzene rings is 2. The quantitative estimate of drug-likeness (QED) is 0.423. The van der Waals surface area contributed by atoms with Crippen LogP contribution in [0.4, 0.5) is 11.4 Å². The first kappa shape index (κ1) is 20.9. The van der Waals surface area contributed by atoms with Gasteiger partial charge in [0.15, 0.2) is 0 Å². The molecule has 29 heavy (non-hydrogen) atoms. The number of piperidine rings is 1. The van der Waals surface area contributed by atoms with Crippen molar-refractivity contribution in [1.29, 1.82) is 0 Å². The van der Waals surface area contributed by atoms with Crippen LogP contribution < -0.4 is 15.8 Å². The maximum atomic E-state index is 12.7. The number of ether oxygens (including phenoxy) is 1. The molecule has 0 spiro atoms. The van der Waals surface area contributed by atoms with Gasteiger partial charge < -0.3 is 15.8 Å². The van der Waals surface area contributed by atoms with Gasteiger partial charge in [0.1, 0.15) is 5.75 Å². The monoisotopic (exact) mass is 418 g/mol. The second-order valence-electron chi connectivity index (χ2n) is 7.02. The Kier molecular flexibility index (Phi) is 6.56.